The van der Waals surface area contributed by atoms with Crippen molar-refractivity contribution in [3.63, 3.8) is 0 Å². The average molecular weight is 324 g/mol. The minimum atomic E-state index is -0.808. The van der Waals surface area contributed by atoms with Gasteiger partial charge in [0.2, 0.25) is 0 Å². The van der Waals surface area contributed by atoms with Crippen LogP contribution in [-0.4, -0.2) is 20.4 Å². The Labute approximate surface area is 136 Å². The van der Waals surface area contributed by atoms with Crippen molar-refractivity contribution in [3.05, 3.63) is 41.2 Å². The van der Waals surface area contributed by atoms with Gasteiger partial charge in [0.1, 0.15) is 17.5 Å². The smallest absolute Gasteiger partial charge is 0.269 e. The van der Waals surface area contributed by atoms with Crippen LogP contribution in [0.25, 0.3) is 22.2 Å². The maximum absolute atomic E-state index is 14.0. The van der Waals surface area contributed by atoms with Crippen LogP contribution >= 0.6 is 0 Å². The molecule has 3 aromatic rings. The highest BCUT2D eigenvalue weighted by Gasteiger charge is 2.24. The van der Waals surface area contributed by atoms with E-state index in [0.29, 0.717) is 33.3 Å². The van der Waals surface area contributed by atoms with Crippen LogP contribution in [0.15, 0.2) is 18.6 Å². The fourth-order valence-corrected chi connectivity index (χ4v) is 2.72. The summed E-state index contributed by atoms with van der Waals surface area (Å²) in [5.74, 6) is -1.33. The second kappa shape index (κ2) is 5.31. The molecule has 0 radical (unpaired) electrons. The van der Waals surface area contributed by atoms with Crippen molar-refractivity contribution in [1.29, 1.82) is 5.26 Å². The zero-order valence-electron chi connectivity index (χ0n) is 13.0. The molecular formula is C16H13FN6O. The van der Waals surface area contributed by atoms with Crippen LogP contribution in [0.2, 0.25) is 0 Å². The summed E-state index contributed by atoms with van der Waals surface area (Å²) in [5, 5.41) is 9.83. The molecule has 1 amide bonds. The van der Waals surface area contributed by atoms with Crippen molar-refractivity contribution in [2.45, 2.75) is 6.92 Å². The average Bonchev–Trinajstić information content (AvgIpc) is 2.86. The van der Waals surface area contributed by atoms with Gasteiger partial charge in [0.25, 0.3) is 5.91 Å². The van der Waals surface area contributed by atoms with Crippen molar-refractivity contribution in [2.24, 2.45) is 12.8 Å². The summed E-state index contributed by atoms with van der Waals surface area (Å²) in [5.41, 5.74) is 13.0. The van der Waals surface area contributed by atoms with Crippen molar-refractivity contribution in [1.82, 2.24) is 14.5 Å². The molecule has 0 spiro atoms. The number of rotatable bonds is 2. The largest absolute Gasteiger partial charge is 0.396 e. The van der Waals surface area contributed by atoms with Gasteiger partial charge in [-0.1, -0.05) is 0 Å². The summed E-state index contributed by atoms with van der Waals surface area (Å²) in [6.07, 6.45) is 4.08. The Hall–Kier alpha value is -3.47. The second-order valence-corrected chi connectivity index (χ2v) is 5.37. The van der Waals surface area contributed by atoms with E-state index < -0.39 is 11.7 Å². The zero-order valence-corrected chi connectivity index (χ0v) is 13.0. The Morgan fingerprint density at radius 3 is 2.75 bits per heavy atom. The summed E-state index contributed by atoms with van der Waals surface area (Å²) in [4.78, 5) is 19.7. The van der Waals surface area contributed by atoms with Crippen LogP contribution in [0.3, 0.4) is 0 Å². The lowest BCUT2D eigenvalue weighted by atomic mass is 9.96. The van der Waals surface area contributed by atoms with Gasteiger partial charge in [0, 0.05) is 36.0 Å². The van der Waals surface area contributed by atoms with E-state index in [-0.39, 0.29) is 11.4 Å². The third-order valence-electron chi connectivity index (χ3n) is 3.92. The summed E-state index contributed by atoms with van der Waals surface area (Å²) in [6, 6.07) is 2.06. The molecule has 0 atom stereocenters. The van der Waals surface area contributed by atoms with Crippen molar-refractivity contribution >= 4 is 22.6 Å². The highest BCUT2D eigenvalue weighted by Crippen LogP contribution is 2.38. The number of carbonyl (C=O) groups is 1. The molecule has 7 nitrogen and oxygen atoms in total. The molecule has 0 aliphatic heterocycles. The number of hydrogen-bond acceptors (Lipinski definition) is 5. The van der Waals surface area contributed by atoms with Gasteiger partial charge in [-0.15, -0.1) is 0 Å². The maximum Gasteiger partial charge on any atom is 0.269 e. The number of pyridine rings is 2. The fourth-order valence-electron chi connectivity index (χ4n) is 2.72. The molecular weight excluding hydrogens is 311 g/mol. The molecule has 3 aromatic heterocycles. The number of nitriles is 1. The van der Waals surface area contributed by atoms with Gasteiger partial charge in [0.05, 0.1) is 17.4 Å². The van der Waals surface area contributed by atoms with Crippen LogP contribution < -0.4 is 11.5 Å². The van der Waals surface area contributed by atoms with Crippen LogP contribution in [0.1, 0.15) is 21.6 Å². The molecule has 0 unspecified atom stereocenters. The monoisotopic (exact) mass is 324 g/mol. The Morgan fingerprint density at radius 1 is 1.42 bits per heavy atom. The topological polar surface area (TPSA) is 124 Å². The first-order chi connectivity index (χ1) is 11.4. The number of aromatic nitrogens is 3. The molecule has 8 heteroatoms. The third kappa shape index (κ3) is 2.06. The van der Waals surface area contributed by atoms with E-state index >= 15 is 0 Å². The van der Waals surface area contributed by atoms with Crippen LogP contribution in [-0.2, 0) is 7.05 Å². The van der Waals surface area contributed by atoms with E-state index in [9.17, 15) is 14.4 Å². The molecule has 0 aliphatic carbocycles. The van der Waals surface area contributed by atoms with Gasteiger partial charge in [-0.25, -0.2) is 9.37 Å². The van der Waals surface area contributed by atoms with E-state index in [2.05, 4.69) is 16.0 Å². The highest BCUT2D eigenvalue weighted by molar-refractivity contribution is 6.10. The number of halogens is 1. The molecule has 0 saturated carbocycles. The Kier molecular flexibility index (Phi) is 3.41. The number of nitrogen functional groups attached to an aromatic ring is 1. The lowest BCUT2D eigenvalue weighted by molar-refractivity contribution is 0.0997. The summed E-state index contributed by atoms with van der Waals surface area (Å²) in [7, 11) is 1.68. The molecule has 3 rings (SSSR count). The molecule has 120 valence electrons. The first-order valence-electron chi connectivity index (χ1n) is 6.95. The van der Waals surface area contributed by atoms with E-state index in [1.807, 2.05) is 0 Å². The lowest BCUT2D eigenvalue weighted by Gasteiger charge is -2.13. The van der Waals surface area contributed by atoms with E-state index in [4.69, 9.17) is 11.5 Å². The number of hydrogen-bond donors (Lipinski definition) is 2. The molecule has 0 saturated heterocycles. The van der Waals surface area contributed by atoms with E-state index in [1.165, 1.54) is 6.20 Å². The maximum atomic E-state index is 14.0. The molecule has 0 aliphatic rings. The third-order valence-corrected chi connectivity index (χ3v) is 3.92. The standard InChI is InChI=1S/C16H13FN6O/c1-7-9(4-21-5-10(7)17)12-11-8(3-18)6-23(2)16(11)22-14(13(12)19)15(20)24/h4-6H,19H2,1-2H3,(H2,20,24). The minimum absolute atomic E-state index is 0.00630. The Balaban J connectivity index is 2.58. The SMILES string of the molecule is Cc1c(F)cncc1-c1c(N)c(C(N)=O)nc2c1c(C#N)cn2C. The quantitative estimate of drug-likeness (QED) is 0.741. The summed E-state index contributed by atoms with van der Waals surface area (Å²) in [6.45, 7) is 1.57. The first-order valence-corrected chi connectivity index (χ1v) is 6.95. The molecule has 4 N–H and O–H groups in total. The van der Waals surface area contributed by atoms with Crippen molar-refractivity contribution in [3.8, 4) is 17.2 Å². The van der Waals surface area contributed by atoms with Crippen molar-refractivity contribution < 1.29 is 9.18 Å². The van der Waals surface area contributed by atoms with Gasteiger partial charge < -0.3 is 16.0 Å². The zero-order chi connectivity index (χ0) is 17.6. The Morgan fingerprint density at radius 2 is 2.12 bits per heavy atom. The normalized spacial score (nSPS) is 10.8. The first kappa shape index (κ1) is 15.4. The molecule has 0 fully saturated rings. The highest BCUT2D eigenvalue weighted by atomic mass is 19.1. The predicted octanol–water partition coefficient (Wildman–Crippen LogP) is 1.64. The molecule has 0 aromatic carbocycles. The fraction of sp³-hybridized carbons (Fsp3) is 0.125. The van der Waals surface area contributed by atoms with Gasteiger partial charge >= 0.3 is 0 Å². The number of carbonyl (C=O) groups excluding carboxylic acids is 1. The van der Waals surface area contributed by atoms with E-state index in [1.54, 1.807) is 24.7 Å². The molecule has 24 heavy (non-hydrogen) atoms. The van der Waals surface area contributed by atoms with Gasteiger partial charge in [-0.2, -0.15) is 5.26 Å². The van der Waals surface area contributed by atoms with Gasteiger partial charge in [0.15, 0.2) is 5.69 Å². The van der Waals surface area contributed by atoms with Crippen LogP contribution in [0.4, 0.5) is 10.1 Å². The van der Waals surface area contributed by atoms with Crippen LogP contribution in [0.5, 0.6) is 0 Å². The number of amides is 1. The van der Waals surface area contributed by atoms with Gasteiger partial charge in [-0.3, -0.25) is 9.78 Å². The summed E-state index contributed by atoms with van der Waals surface area (Å²) < 4.78 is 15.6. The minimum Gasteiger partial charge on any atom is -0.396 e. The number of primary amides is 1. The van der Waals surface area contributed by atoms with Crippen molar-refractivity contribution in [2.75, 3.05) is 5.73 Å². The van der Waals surface area contributed by atoms with Crippen LogP contribution in [0, 0.1) is 24.1 Å². The second-order valence-electron chi connectivity index (χ2n) is 5.37. The number of aryl methyl sites for hydroxylation is 1. The molecule has 3 heterocycles. The molecule has 0 bridgehead atoms. The van der Waals surface area contributed by atoms with E-state index in [0.717, 1.165) is 6.20 Å². The Bertz CT molecular complexity index is 1050. The number of fused-ring (bicyclic) bond motifs is 1. The van der Waals surface area contributed by atoms with Gasteiger partial charge in [-0.05, 0) is 12.5 Å². The predicted molar refractivity (Wildman–Crippen MR) is 86.3 cm³/mol. The summed E-state index contributed by atoms with van der Waals surface area (Å²) >= 11 is 0. The number of nitrogens with zero attached hydrogens (tertiary/aromatic N) is 4. The lowest BCUT2D eigenvalue weighted by Crippen LogP contribution is -2.17. The number of anilines is 1. The number of nitrogens with two attached hydrogens (primary N) is 2.